The van der Waals surface area contributed by atoms with Crippen LogP contribution in [0.5, 0.6) is 0 Å². The van der Waals surface area contributed by atoms with E-state index in [9.17, 15) is 9.18 Å². The van der Waals surface area contributed by atoms with Crippen LogP contribution in [-0.4, -0.2) is 24.7 Å². The van der Waals surface area contributed by atoms with Crippen LogP contribution < -0.4 is 0 Å². The summed E-state index contributed by atoms with van der Waals surface area (Å²) < 4.78 is 18.1. The molecule has 0 N–H and O–H groups in total. The molecule has 3 heteroatoms. The van der Waals surface area contributed by atoms with Crippen molar-refractivity contribution >= 4 is 5.78 Å². The van der Waals surface area contributed by atoms with Crippen LogP contribution in [0.2, 0.25) is 0 Å². The molecule has 0 amide bonds. The van der Waals surface area contributed by atoms with Gasteiger partial charge in [-0.3, -0.25) is 4.79 Å². The van der Waals surface area contributed by atoms with Crippen LogP contribution >= 0.6 is 0 Å². The molecule has 58 valence electrons. The number of hydrogen-bond acceptors (Lipinski definition) is 2. The van der Waals surface area contributed by atoms with Gasteiger partial charge in [0, 0.05) is 6.61 Å². The van der Waals surface area contributed by atoms with Gasteiger partial charge >= 0.3 is 0 Å². The van der Waals surface area contributed by atoms with Gasteiger partial charge in [-0.25, -0.2) is 4.39 Å². The lowest BCUT2D eigenvalue weighted by Gasteiger charge is -2.26. The first-order valence-electron chi connectivity index (χ1n) is 3.43. The molecule has 1 aliphatic heterocycles. The van der Waals surface area contributed by atoms with Gasteiger partial charge in [0.05, 0.1) is 6.61 Å². The van der Waals surface area contributed by atoms with E-state index in [-0.39, 0.29) is 6.61 Å². The van der Waals surface area contributed by atoms with Crippen molar-refractivity contribution in [3.05, 3.63) is 0 Å². The van der Waals surface area contributed by atoms with Gasteiger partial charge in [-0.1, -0.05) is 0 Å². The van der Waals surface area contributed by atoms with Crippen LogP contribution in [0.25, 0.3) is 0 Å². The zero-order valence-corrected chi connectivity index (χ0v) is 6.02. The van der Waals surface area contributed by atoms with Gasteiger partial charge in [0.2, 0.25) is 0 Å². The molecular weight excluding hydrogens is 135 g/mol. The first kappa shape index (κ1) is 7.66. The van der Waals surface area contributed by atoms with E-state index in [0.717, 1.165) is 0 Å². The zero-order valence-electron chi connectivity index (χ0n) is 6.02. The summed E-state index contributed by atoms with van der Waals surface area (Å²) in [5, 5.41) is 0. The second-order valence-corrected chi connectivity index (χ2v) is 2.68. The molecule has 0 spiro atoms. The maximum atomic E-state index is 13.2. The summed E-state index contributed by atoms with van der Waals surface area (Å²) in [5.41, 5.74) is -1.68. The Morgan fingerprint density at radius 3 is 2.70 bits per heavy atom. The molecule has 0 aromatic carbocycles. The number of hydrogen-bond donors (Lipinski definition) is 0. The first-order valence-corrected chi connectivity index (χ1v) is 3.43. The van der Waals surface area contributed by atoms with E-state index in [2.05, 4.69) is 0 Å². The lowest BCUT2D eigenvalue weighted by atomic mass is 9.95. The summed E-state index contributed by atoms with van der Waals surface area (Å²) in [5.74, 6) is -0.410. The Bertz CT molecular complexity index is 139. The predicted octanol–water partition coefficient (Wildman–Crippen LogP) is 1.09. The van der Waals surface area contributed by atoms with E-state index in [1.807, 2.05) is 0 Å². The third-order valence-corrected chi connectivity index (χ3v) is 1.82. The highest BCUT2D eigenvalue weighted by Gasteiger charge is 2.37. The summed E-state index contributed by atoms with van der Waals surface area (Å²) in [6.07, 6.45) is 0.971. The van der Waals surface area contributed by atoms with E-state index < -0.39 is 11.5 Å². The molecule has 1 aliphatic rings. The molecule has 1 atom stereocenters. The molecule has 1 fully saturated rings. The smallest absolute Gasteiger partial charge is 0.191 e. The highest BCUT2D eigenvalue weighted by atomic mass is 19.1. The molecule has 1 rings (SSSR count). The van der Waals surface area contributed by atoms with Crippen molar-refractivity contribution in [2.24, 2.45) is 0 Å². The lowest BCUT2D eigenvalue weighted by Crippen LogP contribution is -2.40. The van der Waals surface area contributed by atoms with Crippen molar-refractivity contribution < 1.29 is 13.9 Å². The van der Waals surface area contributed by atoms with Gasteiger partial charge in [-0.15, -0.1) is 0 Å². The minimum Gasteiger partial charge on any atom is -0.378 e. The van der Waals surface area contributed by atoms with Crippen LogP contribution in [0.1, 0.15) is 19.8 Å². The van der Waals surface area contributed by atoms with E-state index in [1.165, 1.54) is 6.92 Å². The number of ether oxygens (including phenoxy) is 1. The van der Waals surface area contributed by atoms with Gasteiger partial charge in [0.1, 0.15) is 0 Å². The maximum absolute atomic E-state index is 13.2. The average molecular weight is 146 g/mol. The minimum absolute atomic E-state index is 0.0532. The van der Waals surface area contributed by atoms with Crippen molar-refractivity contribution in [1.29, 1.82) is 0 Å². The number of carbonyl (C=O) groups excluding carboxylic acids is 1. The summed E-state index contributed by atoms with van der Waals surface area (Å²) in [4.78, 5) is 10.7. The first-order chi connectivity index (χ1) is 4.65. The average Bonchev–Trinajstić information content (AvgIpc) is 1.89. The molecule has 2 nitrogen and oxygen atoms in total. The highest BCUT2D eigenvalue weighted by molar-refractivity contribution is 5.85. The van der Waals surface area contributed by atoms with Crippen molar-refractivity contribution in [2.45, 2.75) is 25.4 Å². The Hall–Kier alpha value is -0.440. The lowest BCUT2D eigenvalue weighted by molar-refractivity contribution is -0.137. The second-order valence-electron chi connectivity index (χ2n) is 2.68. The van der Waals surface area contributed by atoms with Crippen molar-refractivity contribution in [3.63, 3.8) is 0 Å². The van der Waals surface area contributed by atoms with Gasteiger partial charge in [-0.05, 0) is 19.8 Å². The summed E-state index contributed by atoms with van der Waals surface area (Å²) in [6.45, 7) is 1.80. The van der Waals surface area contributed by atoms with Gasteiger partial charge in [-0.2, -0.15) is 0 Å². The molecule has 0 bridgehead atoms. The third-order valence-electron chi connectivity index (χ3n) is 1.82. The summed E-state index contributed by atoms with van der Waals surface area (Å²) >= 11 is 0. The molecule has 0 aliphatic carbocycles. The molecule has 0 radical (unpaired) electrons. The Morgan fingerprint density at radius 2 is 2.40 bits per heavy atom. The van der Waals surface area contributed by atoms with Crippen molar-refractivity contribution in [1.82, 2.24) is 0 Å². The van der Waals surface area contributed by atoms with Crippen LogP contribution in [0, 0.1) is 0 Å². The Kier molecular flexibility index (Phi) is 2.04. The number of Topliss-reactive ketones (excluding diaryl/α,β-unsaturated/α-hetero) is 1. The molecule has 0 saturated carbocycles. The van der Waals surface area contributed by atoms with Crippen LogP contribution in [-0.2, 0) is 9.53 Å². The topological polar surface area (TPSA) is 26.3 Å². The Labute approximate surface area is 59.4 Å². The van der Waals surface area contributed by atoms with Crippen LogP contribution in [0.3, 0.4) is 0 Å². The predicted molar refractivity (Wildman–Crippen MR) is 34.6 cm³/mol. The number of ketones is 1. The van der Waals surface area contributed by atoms with E-state index in [1.54, 1.807) is 0 Å². The van der Waals surface area contributed by atoms with E-state index in [4.69, 9.17) is 4.74 Å². The molecule has 1 heterocycles. The summed E-state index contributed by atoms with van der Waals surface area (Å²) in [7, 11) is 0. The van der Waals surface area contributed by atoms with E-state index in [0.29, 0.717) is 19.4 Å². The van der Waals surface area contributed by atoms with Gasteiger partial charge in [0.15, 0.2) is 11.5 Å². The van der Waals surface area contributed by atoms with Gasteiger partial charge in [0.25, 0.3) is 0 Å². The monoisotopic (exact) mass is 146 g/mol. The van der Waals surface area contributed by atoms with Gasteiger partial charge < -0.3 is 4.74 Å². The molecule has 10 heavy (non-hydrogen) atoms. The fourth-order valence-corrected chi connectivity index (χ4v) is 1.04. The number of halogens is 1. The Morgan fingerprint density at radius 1 is 1.70 bits per heavy atom. The molecule has 0 aromatic heterocycles. The Balaban J connectivity index is 2.56. The standard InChI is InChI=1S/C7H11FO2/c1-6(9)7(8)3-2-4-10-5-7/h2-5H2,1H3. The fourth-order valence-electron chi connectivity index (χ4n) is 1.04. The zero-order chi connectivity index (χ0) is 7.61. The van der Waals surface area contributed by atoms with Crippen LogP contribution in [0.4, 0.5) is 4.39 Å². The van der Waals surface area contributed by atoms with Crippen molar-refractivity contribution in [3.8, 4) is 0 Å². The quantitative estimate of drug-likeness (QED) is 0.553. The molecule has 1 saturated heterocycles. The number of alkyl halides is 1. The van der Waals surface area contributed by atoms with Crippen LogP contribution in [0.15, 0.2) is 0 Å². The minimum atomic E-state index is -1.68. The fraction of sp³-hybridized carbons (Fsp3) is 0.857. The molecule has 1 unspecified atom stereocenters. The maximum Gasteiger partial charge on any atom is 0.191 e. The normalized spacial score (nSPS) is 33.8. The summed E-state index contributed by atoms with van der Waals surface area (Å²) in [6, 6.07) is 0. The largest absolute Gasteiger partial charge is 0.378 e. The number of carbonyl (C=O) groups is 1. The molecule has 0 aromatic rings. The SMILES string of the molecule is CC(=O)C1(F)CCCOC1. The number of rotatable bonds is 1. The second kappa shape index (κ2) is 2.66. The molecular formula is C7H11FO2. The third kappa shape index (κ3) is 1.34. The van der Waals surface area contributed by atoms with E-state index >= 15 is 0 Å². The van der Waals surface area contributed by atoms with Crippen molar-refractivity contribution in [2.75, 3.05) is 13.2 Å². The highest BCUT2D eigenvalue weighted by Crippen LogP contribution is 2.23.